The molecule has 0 radical (unpaired) electrons. The normalized spacial score (nSPS) is 28.2. The minimum atomic E-state index is 0.134. The molecule has 0 aromatic rings. The molecule has 2 fully saturated rings. The highest BCUT2D eigenvalue weighted by atomic mass is 16.5. The molecule has 2 aliphatic rings. The standard InChI is InChI=1S/C9H15NO/c1-8-10-7-9(11-8)5-3-2-4-6-9/h10H,1-7H2. The zero-order valence-corrected chi connectivity index (χ0v) is 6.86. The molecule has 1 N–H and O–H groups in total. The summed E-state index contributed by atoms with van der Waals surface area (Å²) < 4.78 is 5.68. The Bertz CT molecular complexity index is 170. The average Bonchev–Trinajstić information content (AvgIpc) is 2.34. The number of rotatable bonds is 0. The van der Waals surface area contributed by atoms with Gasteiger partial charge >= 0.3 is 0 Å². The predicted molar refractivity (Wildman–Crippen MR) is 44.0 cm³/mol. The second kappa shape index (κ2) is 2.43. The molecule has 2 heteroatoms. The Morgan fingerprint density at radius 3 is 2.55 bits per heavy atom. The highest BCUT2D eigenvalue weighted by Crippen LogP contribution is 2.35. The Balaban J connectivity index is 2.03. The molecule has 1 aliphatic carbocycles. The van der Waals surface area contributed by atoms with E-state index in [1.165, 1.54) is 32.1 Å². The van der Waals surface area contributed by atoms with Crippen LogP contribution in [-0.4, -0.2) is 12.1 Å². The molecule has 0 amide bonds. The lowest BCUT2D eigenvalue weighted by Gasteiger charge is -2.30. The van der Waals surface area contributed by atoms with Gasteiger partial charge in [0.1, 0.15) is 5.60 Å². The fourth-order valence-corrected chi connectivity index (χ4v) is 2.07. The van der Waals surface area contributed by atoms with Crippen LogP contribution in [0, 0.1) is 0 Å². The van der Waals surface area contributed by atoms with E-state index in [0.29, 0.717) is 0 Å². The van der Waals surface area contributed by atoms with Crippen molar-refractivity contribution in [3.05, 3.63) is 12.5 Å². The van der Waals surface area contributed by atoms with Gasteiger partial charge in [0.25, 0.3) is 0 Å². The molecule has 2 rings (SSSR count). The van der Waals surface area contributed by atoms with Crippen molar-refractivity contribution in [1.82, 2.24) is 5.32 Å². The quantitative estimate of drug-likeness (QED) is 0.572. The van der Waals surface area contributed by atoms with Gasteiger partial charge in [-0.25, -0.2) is 0 Å². The van der Waals surface area contributed by atoms with E-state index < -0.39 is 0 Å². The largest absolute Gasteiger partial charge is 0.471 e. The third-order valence-corrected chi connectivity index (χ3v) is 2.71. The van der Waals surface area contributed by atoms with Crippen molar-refractivity contribution >= 4 is 0 Å². The third-order valence-electron chi connectivity index (χ3n) is 2.71. The molecule has 1 spiro atoms. The van der Waals surface area contributed by atoms with Gasteiger partial charge in [-0.15, -0.1) is 0 Å². The molecule has 0 unspecified atom stereocenters. The van der Waals surface area contributed by atoms with Gasteiger partial charge in [0.05, 0.1) is 6.54 Å². The van der Waals surface area contributed by atoms with E-state index in [4.69, 9.17) is 4.74 Å². The van der Waals surface area contributed by atoms with Crippen molar-refractivity contribution in [3.63, 3.8) is 0 Å². The van der Waals surface area contributed by atoms with Crippen molar-refractivity contribution in [3.8, 4) is 0 Å². The van der Waals surface area contributed by atoms with E-state index in [9.17, 15) is 0 Å². The fraction of sp³-hybridized carbons (Fsp3) is 0.778. The van der Waals surface area contributed by atoms with Crippen LogP contribution in [0.1, 0.15) is 32.1 Å². The summed E-state index contributed by atoms with van der Waals surface area (Å²) >= 11 is 0. The van der Waals surface area contributed by atoms with Crippen LogP contribution in [0.25, 0.3) is 0 Å². The Morgan fingerprint density at radius 1 is 1.27 bits per heavy atom. The third kappa shape index (κ3) is 1.22. The highest BCUT2D eigenvalue weighted by Gasteiger charge is 2.38. The van der Waals surface area contributed by atoms with Crippen LogP contribution in [-0.2, 0) is 4.74 Å². The second-order valence-corrected chi connectivity index (χ2v) is 3.62. The minimum Gasteiger partial charge on any atom is -0.471 e. The summed E-state index contributed by atoms with van der Waals surface area (Å²) in [6.07, 6.45) is 6.42. The smallest absolute Gasteiger partial charge is 0.180 e. The maximum atomic E-state index is 5.68. The zero-order valence-electron chi connectivity index (χ0n) is 6.86. The lowest BCUT2D eigenvalue weighted by molar-refractivity contribution is 0.0160. The number of nitrogens with one attached hydrogen (secondary N) is 1. The summed E-state index contributed by atoms with van der Waals surface area (Å²) in [6.45, 7) is 4.75. The van der Waals surface area contributed by atoms with Crippen molar-refractivity contribution in [2.24, 2.45) is 0 Å². The Labute approximate surface area is 67.6 Å². The SMILES string of the molecule is C=C1NCC2(CCCCC2)O1. The molecule has 0 bridgehead atoms. The van der Waals surface area contributed by atoms with Crippen LogP contribution in [0.5, 0.6) is 0 Å². The van der Waals surface area contributed by atoms with E-state index in [0.717, 1.165) is 12.4 Å². The minimum absolute atomic E-state index is 0.134. The van der Waals surface area contributed by atoms with Gasteiger partial charge in [0, 0.05) is 0 Å². The van der Waals surface area contributed by atoms with E-state index in [-0.39, 0.29) is 5.60 Å². The molecule has 1 heterocycles. The first-order valence-electron chi connectivity index (χ1n) is 4.43. The van der Waals surface area contributed by atoms with Gasteiger partial charge in [-0.2, -0.15) is 0 Å². The van der Waals surface area contributed by atoms with Crippen molar-refractivity contribution in [2.75, 3.05) is 6.54 Å². The Hall–Kier alpha value is -0.660. The van der Waals surface area contributed by atoms with Crippen LogP contribution in [0.2, 0.25) is 0 Å². The van der Waals surface area contributed by atoms with E-state index in [1.807, 2.05) is 0 Å². The Morgan fingerprint density at radius 2 is 2.00 bits per heavy atom. The van der Waals surface area contributed by atoms with Gasteiger partial charge in [0.2, 0.25) is 0 Å². The lowest BCUT2D eigenvalue weighted by atomic mass is 9.85. The van der Waals surface area contributed by atoms with Gasteiger partial charge in [-0.1, -0.05) is 6.42 Å². The molecule has 2 nitrogen and oxygen atoms in total. The van der Waals surface area contributed by atoms with Crippen molar-refractivity contribution < 1.29 is 4.74 Å². The monoisotopic (exact) mass is 153 g/mol. The van der Waals surface area contributed by atoms with Crippen molar-refractivity contribution in [2.45, 2.75) is 37.7 Å². The summed E-state index contributed by atoms with van der Waals surface area (Å²) in [5.74, 6) is 0.770. The molecular weight excluding hydrogens is 138 g/mol. The maximum absolute atomic E-state index is 5.68. The first-order valence-corrected chi connectivity index (χ1v) is 4.43. The van der Waals surface area contributed by atoms with Gasteiger partial charge in [-0.05, 0) is 32.3 Å². The van der Waals surface area contributed by atoms with E-state index in [2.05, 4.69) is 11.9 Å². The molecule has 0 atom stereocenters. The van der Waals surface area contributed by atoms with E-state index >= 15 is 0 Å². The summed E-state index contributed by atoms with van der Waals surface area (Å²) in [7, 11) is 0. The molecule has 1 saturated carbocycles. The van der Waals surface area contributed by atoms with Gasteiger partial charge in [0.15, 0.2) is 5.88 Å². The molecule has 1 saturated heterocycles. The molecule has 0 aromatic heterocycles. The summed E-state index contributed by atoms with van der Waals surface area (Å²) in [5, 5.41) is 3.16. The number of hydrogen-bond acceptors (Lipinski definition) is 2. The Kier molecular flexibility index (Phi) is 1.55. The van der Waals surface area contributed by atoms with Crippen LogP contribution < -0.4 is 5.32 Å². The molecule has 62 valence electrons. The first-order chi connectivity index (χ1) is 5.31. The van der Waals surface area contributed by atoms with E-state index in [1.54, 1.807) is 0 Å². The fourth-order valence-electron chi connectivity index (χ4n) is 2.07. The summed E-state index contributed by atoms with van der Waals surface area (Å²) in [6, 6.07) is 0. The number of hydrogen-bond donors (Lipinski definition) is 1. The average molecular weight is 153 g/mol. The molecule has 1 aliphatic heterocycles. The van der Waals surface area contributed by atoms with Crippen LogP contribution in [0.15, 0.2) is 12.5 Å². The van der Waals surface area contributed by atoms with Gasteiger partial charge in [-0.3, -0.25) is 0 Å². The molecule has 11 heavy (non-hydrogen) atoms. The molecular formula is C9H15NO. The zero-order chi connectivity index (χ0) is 7.73. The summed E-state index contributed by atoms with van der Waals surface area (Å²) in [4.78, 5) is 0. The lowest BCUT2D eigenvalue weighted by Crippen LogP contribution is -2.35. The van der Waals surface area contributed by atoms with Gasteiger partial charge < -0.3 is 10.1 Å². The van der Waals surface area contributed by atoms with Crippen LogP contribution in [0.3, 0.4) is 0 Å². The summed E-state index contributed by atoms with van der Waals surface area (Å²) in [5.41, 5.74) is 0.134. The topological polar surface area (TPSA) is 21.3 Å². The predicted octanol–water partition coefficient (Wildman–Crippen LogP) is 1.78. The molecule has 0 aromatic carbocycles. The van der Waals surface area contributed by atoms with Crippen LogP contribution in [0.4, 0.5) is 0 Å². The highest BCUT2D eigenvalue weighted by molar-refractivity contribution is 5.00. The van der Waals surface area contributed by atoms with Crippen LogP contribution >= 0.6 is 0 Å². The second-order valence-electron chi connectivity index (χ2n) is 3.62. The van der Waals surface area contributed by atoms with Crippen molar-refractivity contribution in [1.29, 1.82) is 0 Å². The maximum Gasteiger partial charge on any atom is 0.180 e. The first kappa shape index (κ1) is 7.01. The number of ether oxygens (including phenoxy) is 1.